The number of sulfonamides is 1. The van der Waals surface area contributed by atoms with Crippen molar-refractivity contribution in [2.75, 3.05) is 11.9 Å². The van der Waals surface area contributed by atoms with Crippen LogP contribution in [0.2, 0.25) is 0 Å². The predicted molar refractivity (Wildman–Crippen MR) is 88.0 cm³/mol. The number of halogens is 1. The van der Waals surface area contributed by atoms with Gasteiger partial charge in [0.1, 0.15) is 0 Å². The van der Waals surface area contributed by atoms with Gasteiger partial charge in [0, 0.05) is 17.9 Å². The summed E-state index contributed by atoms with van der Waals surface area (Å²) in [7, 11) is -3.43. The van der Waals surface area contributed by atoms with Crippen LogP contribution < -0.4 is 0 Å². The Bertz CT molecular complexity index is 539. The zero-order valence-electron chi connectivity index (χ0n) is 12.7. The zero-order valence-corrected chi connectivity index (χ0v) is 15.1. The predicted octanol–water partition coefficient (Wildman–Crippen LogP) is 3.88. The first-order chi connectivity index (χ1) is 9.38. The average molecular weight is 362 g/mol. The fourth-order valence-electron chi connectivity index (χ4n) is 2.49. The van der Waals surface area contributed by atoms with E-state index < -0.39 is 10.0 Å². The Morgan fingerprint density at radius 3 is 2.25 bits per heavy atom. The average Bonchev–Trinajstić information content (AvgIpc) is 2.38. The van der Waals surface area contributed by atoms with Crippen molar-refractivity contribution < 1.29 is 8.42 Å². The van der Waals surface area contributed by atoms with E-state index in [4.69, 9.17) is 0 Å². The Balaban J connectivity index is 3.28. The molecule has 0 N–H and O–H groups in total. The number of nitrogens with zero attached hydrogens (tertiary/aromatic N) is 1. The molecule has 0 aromatic heterocycles. The minimum atomic E-state index is -3.43. The SMILES string of the molecule is CCC(CC)N(CCBr)S(=O)(=O)c1ccc(C)cc1C. The number of hydrogen-bond donors (Lipinski definition) is 0. The number of hydrogen-bond acceptors (Lipinski definition) is 2. The van der Waals surface area contributed by atoms with Gasteiger partial charge in [-0.2, -0.15) is 4.31 Å². The van der Waals surface area contributed by atoms with Crippen LogP contribution in [0.5, 0.6) is 0 Å². The third-order valence-electron chi connectivity index (χ3n) is 3.57. The second-order valence-corrected chi connectivity index (χ2v) is 7.70. The zero-order chi connectivity index (χ0) is 15.3. The Hall–Kier alpha value is -0.390. The van der Waals surface area contributed by atoms with Gasteiger partial charge in [-0.25, -0.2) is 8.42 Å². The second kappa shape index (κ2) is 7.57. The van der Waals surface area contributed by atoms with Crippen LogP contribution in [0.15, 0.2) is 23.1 Å². The molecular formula is C15H24BrNO2S. The number of benzene rings is 1. The molecule has 1 rings (SSSR count). The maximum Gasteiger partial charge on any atom is 0.243 e. The first kappa shape index (κ1) is 17.7. The maximum absolute atomic E-state index is 12.9. The molecule has 3 nitrogen and oxygen atoms in total. The first-order valence-corrected chi connectivity index (χ1v) is 9.59. The van der Waals surface area contributed by atoms with Gasteiger partial charge in [-0.05, 0) is 38.3 Å². The summed E-state index contributed by atoms with van der Waals surface area (Å²) in [5, 5.41) is 0.646. The van der Waals surface area contributed by atoms with Gasteiger partial charge < -0.3 is 0 Å². The van der Waals surface area contributed by atoms with E-state index in [-0.39, 0.29) is 6.04 Å². The topological polar surface area (TPSA) is 37.4 Å². The monoisotopic (exact) mass is 361 g/mol. The molecule has 0 bridgehead atoms. The molecule has 0 amide bonds. The van der Waals surface area contributed by atoms with E-state index in [2.05, 4.69) is 15.9 Å². The van der Waals surface area contributed by atoms with Crippen LogP contribution in [-0.4, -0.2) is 30.6 Å². The lowest BCUT2D eigenvalue weighted by molar-refractivity contribution is 0.317. The molecule has 0 aliphatic rings. The molecule has 0 unspecified atom stereocenters. The summed E-state index contributed by atoms with van der Waals surface area (Å²) in [5.74, 6) is 0. The smallest absolute Gasteiger partial charge is 0.207 e. The molecule has 5 heteroatoms. The van der Waals surface area contributed by atoms with Crippen LogP contribution in [0.25, 0.3) is 0 Å². The highest BCUT2D eigenvalue weighted by molar-refractivity contribution is 9.09. The summed E-state index contributed by atoms with van der Waals surface area (Å²) in [4.78, 5) is 0.427. The van der Waals surface area contributed by atoms with Gasteiger partial charge in [-0.1, -0.05) is 47.5 Å². The van der Waals surface area contributed by atoms with Gasteiger partial charge in [0.2, 0.25) is 10.0 Å². The van der Waals surface area contributed by atoms with Crippen LogP contribution in [0, 0.1) is 13.8 Å². The molecule has 114 valence electrons. The van der Waals surface area contributed by atoms with Crippen LogP contribution in [0.4, 0.5) is 0 Å². The number of aryl methyl sites for hydroxylation is 2. The molecule has 0 aliphatic carbocycles. The van der Waals surface area contributed by atoms with Crippen molar-refractivity contribution in [3.05, 3.63) is 29.3 Å². The molecule has 0 radical (unpaired) electrons. The highest BCUT2D eigenvalue weighted by Gasteiger charge is 2.30. The van der Waals surface area contributed by atoms with E-state index in [1.54, 1.807) is 10.4 Å². The van der Waals surface area contributed by atoms with Crippen molar-refractivity contribution in [2.24, 2.45) is 0 Å². The largest absolute Gasteiger partial charge is 0.243 e. The Labute approximate surface area is 131 Å². The van der Waals surface area contributed by atoms with Crippen LogP contribution in [0.1, 0.15) is 37.8 Å². The molecule has 0 atom stereocenters. The Kier molecular flexibility index (Phi) is 6.69. The normalized spacial score (nSPS) is 12.3. The highest BCUT2D eigenvalue weighted by Crippen LogP contribution is 2.24. The van der Waals surface area contributed by atoms with Crippen molar-refractivity contribution in [3.8, 4) is 0 Å². The summed E-state index contributed by atoms with van der Waals surface area (Å²) in [6.07, 6.45) is 1.65. The second-order valence-electron chi connectivity index (χ2n) is 5.04. The molecule has 0 aliphatic heterocycles. The Morgan fingerprint density at radius 2 is 1.80 bits per heavy atom. The van der Waals surface area contributed by atoms with Crippen LogP contribution in [0.3, 0.4) is 0 Å². The lowest BCUT2D eigenvalue weighted by Gasteiger charge is -2.29. The van der Waals surface area contributed by atoms with Gasteiger partial charge in [-0.3, -0.25) is 0 Å². The number of alkyl halides is 1. The standard InChI is InChI=1S/C15H24BrNO2S/c1-5-14(6-2)17(10-9-16)20(18,19)15-8-7-12(3)11-13(15)4/h7-8,11,14H,5-6,9-10H2,1-4H3. The van der Waals surface area contributed by atoms with Gasteiger partial charge >= 0.3 is 0 Å². The maximum atomic E-state index is 12.9. The van der Waals surface area contributed by atoms with E-state index >= 15 is 0 Å². The van der Waals surface area contributed by atoms with E-state index in [0.29, 0.717) is 16.8 Å². The van der Waals surface area contributed by atoms with Crippen molar-refractivity contribution in [3.63, 3.8) is 0 Å². The van der Waals surface area contributed by atoms with Crippen molar-refractivity contribution in [1.82, 2.24) is 4.31 Å². The summed E-state index contributed by atoms with van der Waals surface area (Å²) in [6, 6.07) is 5.56. The van der Waals surface area contributed by atoms with Crippen LogP contribution >= 0.6 is 15.9 Å². The third kappa shape index (κ3) is 3.83. The molecule has 0 saturated heterocycles. The summed E-state index contributed by atoms with van der Waals surface area (Å²) in [6.45, 7) is 8.40. The minimum absolute atomic E-state index is 0.0539. The molecule has 20 heavy (non-hydrogen) atoms. The van der Waals surface area contributed by atoms with Crippen LogP contribution in [-0.2, 0) is 10.0 Å². The third-order valence-corrected chi connectivity index (χ3v) is 6.04. The lowest BCUT2D eigenvalue weighted by Crippen LogP contribution is -2.41. The first-order valence-electron chi connectivity index (χ1n) is 7.03. The molecular weight excluding hydrogens is 338 g/mol. The van der Waals surface area contributed by atoms with Crippen molar-refractivity contribution >= 4 is 26.0 Å². The lowest BCUT2D eigenvalue weighted by atomic mass is 10.2. The number of rotatable bonds is 7. The van der Waals surface area contributed by atoms with E-state index in [1.807, 2.05) is 39.8 Å². The molecule has 0 saturated carbocycles. The quantitative estimate of drug-likeness (QED) is 0.691. The van der Waals surface area contributed by atoms with Crippen molar-refractivity contribution in [1.29, 1.82) is 0 Å². The van der Waals surface area contributed by atoms with E-state index in [9.17, 15) is 8.42 Å². The fourth-order valence-corrected chi connectivity index (χ4v) is 5.09. The van der Waals surface area contributed by atoms with E-state index in [0.717, 1.165) is 24.0 Å². The molecule has 1 aromatic carbocycles. The van der Waals surface area contributed by atoms with Gasteiger partial charge in [0.05, 0.1) is 4.90 Å². The highest BCUT2D eigenvalue weighted by atomic mass is 79.9. The van der Waals surface area contributed by atoms with E-state index in [1.165, 1.54) is 0 Å². The van der Waals surface area contributed by atoms with Crippen molar-refractivity contribution in [2.45, 2.75) is 51.5 Å². The molecule has 0 heterocycles. The summed E-state index contributed by atoms with van der Waals surface area (Å²) >= 11 is 3.37. The van der Waals surface area contributed by atoms with Gasteiger partial charge in [-0.15, -0.1) is 0 Å². The molecule has 0 spiro atoms. The summed E-state index contributed by atoms with van der Waals surface area (Å²) < 4.78 is 27.5. The van der Waals surface area contributed by atoms with Gasteiger partial charge in [0.25, 0.3) is 0 Å². The molecule has 0 fully saturated rings. The minimum Gasteiger partial charge on any atom is -0.207 e. The summed E-state index contributed by atoms with van der Waals surface area (Å²) in [5.41, 5.74) is 1.89. The Morgan fingerprint density at radius 1 is 1.20 bits per heavy atom. The molecule has 1 aromatic rings. The fraction of sp³-hybridized carbons (Fsp3) is 0.600. The van der Waals surface area contributed by atoms with Gasteiger partial charge in [0.15, 0.2) is 0 Å².